The van der Waals surface area contributed by atoms with Crippen molar-refractivity contribution in [2.45, 2.75) is 6.42 Å². The van der Waals surface area contributed by atoms with Crippen LogP contribution >= 0.6 is 0 Å². The Hall–Kier alpha value is -2.96. The van der Waals surface area contributed by atoms with E-state index in [-0.39, 0.29) is 23.6 Å². The highest BCUT2D eigenvalue weighted by molar-refractivity contribution is 6.21. The number of esters is 1. The van der Waals surface area contributed by atoms with Crippen LogP contribution in [0.25, 0.3) is 0 Å². The predicted molar refractivity (Wildman–Crippen MR) is 75.4 cm³/mol. The predicted octanol–water partition coefficient (Wildman–Crippen LogP) is 1.04. The van der Waals surface area contributed by atoms with Crippen molar-refractivity contribution in [2.24, 2.45) is 0 Å². The molecule has 1 aliphatic heterocycles. The highest BCUT2D eigenvalue weighted by Gasteiger charge is 2.33. The fourth-order valence-electron chi connectivity index (χ4n) is 2.25. The summed E-state index contributed by atoms with van der Waals surface area (Å²) >= 11 is 0. The molecule has 1 N–H and O–H groups in total. The molecule has 0 radical (unpaired) electrons. The summed E-state index contributed by atoms with van der Waals surface area (Å²) in [6.07, 6.45) is 3.93. The highest BCUT2D eigenvalue weighted by Crippen LogP contribution is 2.23. The van der Waals surface area contributed by atoms with E-state index in [1.54, 1.807) is 12.4 Å². The summed E-state index contributed by atoms with van der Waals surface area (Å²) < 4.78 is 5.16. The molecule has 0 atom stereocenters. The lowest BCUT2D eigenvalue weighted by atomic mass is 10.1. The number of nitrogens with zero attached hydrogens (tertiary/aromatic N) is 2. The first kappa shape index (κ1) is 14.0. The molecular weight excluding hydrogens is 286 g/mol. The number of aromatic nitrogens is 2. The minimum atomic E-state index is -0.527. The van der Waals surface area contributed by atoms with E-state index in [1.165, 1.54) is 25.2 Å². The molecular formula is C15H13N3O4. The summed E-state index contributed by atoms with van der Waals surface area (Å²) in [7, 11) is 1.41. The third kappa shape index (κ3) is 2.37. The van der Waals surface area contributed by atoms with E-state index in [1.807, 2.05) is 0 Å². The minimum absolute atomic E-state index is 0.211. The molecule has 0 saturated heterocycles. The van der Waals surface area contributed by atoms with Crippen molar-refractivity contribution in [3.63, 3.8) is 0 Å². The Labute approximate surface area is 125 Å². The third-order valence-electron chi connectivity index (χ3n) is 3.50. The summed E-state index contributed by atoms with van der Waals surface area (Å²) in [5.41, 5.74) is 1.73. The van der Waals surface area contributed by atoms with Gasteiger partial charge in [-0.15, -0.1) is 0 Å². The molecule has 0 bridgehead atoms. The first-order valence-corrected chi connectivity index (χ1v) is 6.69. The summed E-state index contributed by atoms with van der Waals surface area (Å²) in [5.74, 6) is -1.30. The van der Waals surface area contributed by atoms with Crippen LogP contribution in [0.2, 0.25) is 0 Å². The fourth-order valence-corrected chi connectivity index (χ4v) is 2.25. The van der Waals surface area contributed by atoms with E-state index in [0.29, 0.717) is 12.0 Å². The maximum Gasteiger partial charge on any atom is 0.338 e. The zero-order valence-corrected chi connectivity index (χ0v) is 11.8. The van der Waals surface area contributed by atoms with Crippen LogP contribution in [0.15, 0.2) is 30.6 Å². The van der Waals surface area contributed by atoms with Gasteiger partial charge in [0.25, 0.3) is 11.8 Å². The molecule has 0 aliphatic carbocycles. The van der Waals surface area contributed by atoms with Gasteiger partial charge < -0.3 is 4.74 Å². The molecule has 2 heterocycles. The van der Waals surface area contributed by atoms with Gasteiger partial charge in [-0.05, 0) is 23.8 Å². The normalized spacial score (nSPS) is 13.4. The van der Waals surface area contributed by atoms with E-state index in [2.05, 4.69) is 10.2 Å². The van der Waals surface area contributed by atoms with Crippen molar-refractivity contribution >= 4 is 17.8 Å². The Morgan fingerprint density at radius 3 is 2.77 bits per heavy atom. The average Bonchev–Trinajstić information content (AvgIpc) is 3.11. The maximum atomic E-state index is 12.0. The number of nitrogens with one attached hydrogen (secondary N) is 1. The van der Waals surface area contributed by atoms with Gasteiger partial charge in [0.2, 0.25) is 0 Å². The molecule has 0 fully saturated rings. The van der Waals surface area contributed by atoms with Crippen LogP contribution in [0.5, 0.6) is 0 Å². The number of H-pyrrole nitrogens is 1. The Balaban J connectivity index is 1.69. The number of ether oxygens (including phenoxy) is 1. The van der Waals surface area contributed by atoms with Crippen molar-refractivity contribution in [1.82, 2.24) is 15.1 Å². The number of hydrogen-bond donors (Lipinski definition) is 1. The quantitative estimate of drug-likeness (QED) is 0.672. The first-order chi connectivity index (χ1) is 10.6. The third-order valence-corrected chi connectivity index (χ3v) is 3.50. The van der Waals surface area contributed by atoms with Gasteiger partial charge in [-0.25, -0.2) is 4.79 Å². The molecule has 112 valence electrons. The molecule has 3 rings (SSSR count). The average molecular weight is 299 g/mol. The summed E-state index contributed by atoms with van der Waals surface area (Å²) in [4.78, 5) is 36.7. The van der Waals surface area contributed by atoms with Crippen molar-refractivity contribution in [3.05, 3.63) is 52.8 Å². The van der Waals surface area contributed by atoms with E-state index < -0.39 is 11.9 Å². The van der Waals surface area contributed by atoms with Crippen LogP contribution in [-0.2, 0) is 11.2 Å². The zero-order valence-electron chi connectivity index (χ0n) is 11.8. The van der Waals surface area contributed by atoms with Gasteiger partial charge in [0.05, 0.1) is 29.5 Å². The maximum absolute atomic E-state index is 12.0. The Morgan fingerprint density at radius 2 is 2.05 bits per heavy atom. The first-order valence-electron chi connectivity index (χ1n) is 6.69. The zero-order chi connectivity index (χ0) is 15.7. The molecule has 1 aliphatic rings. The van der Waals surface area contributed by atoms with Gasteiger partial charge >= 0.3 is 5.97 Å². The van der Waals surface area contributed by atoms with Gasteiger partial charge in [0.1, 0.15) is 0 Å². The lowest BCUT2D eigenvalue weighted by Gasteiger charge is -2.05. The number of fused-ring (bicyclic) bond motifs is 1. The Bertz CT molecular complexity index is 752. The number of benzene rings is 1. The number of imide groups is 1. The molecule has 2 amide bonds. The topological polar surface area (TPSA) is 92.4 Å². The molecule has 0 unspecified atom stereocenters. The van der Waals surface area contributed by atoms with Gasteiger partial charge in [0, 0.05) is 19.7 Å². The Kier molecular flexibility index (Phi) is 3.46. The van der Waals surface area contributed by atoms with Gasteiger partial charge in [-0.1, -0.05) is 0 Å². The Morgan fingerprint density at radius 1 is 1.27 bits per heavy atom. The molecule has 0 spiro atoms. The second-order valence-electron chi connectivity index (χ2n) is 4.92. The summed E-state index contributed by atoms with van der Waals surface area (Å²) in [5, 5.41) is 6.48. The molecule has 1 aromatic carbocycles. The molecule has 0 saturated carbocycles. The van der Waals surface area contributed by atoms with Crippen molar-refractivity contribution in [1.29, 1.82) is 0 Å². The number of carbonyl (C=O) groups is 3. The second-order valence-corrected chi connectivity index (χ2v) is 4.92. The second kappa shape index (κ2) is 5.44. The smallest absolute Gasteiger partial charge is 0.338 e. The number of amides is 2. The molecule has 7 heteroatoms. The van der Waals surface area contributed by atoms with Crippen LogP contribution in [0.3, 0.4) is 0 Å². The standard InChI is InChI=1S/C15H13N3O4/c1-18-13(19)11-3-2-10(6-12(11)14(18)20)15(21)22-5-4-9-7-16-17-8-9/h2-3,6-8H,4-5H2,1H3,(H,16,17). The number of hydrogen-bond acceptors (Lipinski definition) is 5. The fraction of sp³-hybridized carbons (Fsp3) is 0.200. The summed E-state index contributed by atoms with van der Waals surface area (Å²) in [6, 6.07) is 4.37. The highest BCUT2D eigenvalue weighted by atomic mass is 16.5. The minimum Gasteiger partial charge on any atom is -0.462 e. The van der Waals surface area contributed by atoms with Gasteiger partial charge in [-0.2, -0.15) is 5.10 Å². The molecule has 1 aromatic heterocycles. The monoisotopic (exact) mass is 299 g/mol. The molecule has 22 heavy (non-hydrogen) atoms. The van der Waals surface area contributed by atoms with Crippen LogP contribution in [0.1, 0.15) is 36.6 Å². The van der Waals surface area contributed by atoms with Crippen molar-refractivity contribution in [3.8, 4) is 0 Å². The van der Waals surface area contributed by atoms with Gasteiger partial charge in [0.15, 0.2) is 0 Å². The lowest BCUT2D eigenvalue weighted by Crippen LogP contribution is -2.24. The van der Waals surface area contributed by atoms with Crippen LogP contribution < -0.4 is 0 Å². The van der Waals surface area contributed by atoms with Crippen LogP contribution in [0, 0.1) is 0 Å². The number of rotatable bonds is 4. The summed E-state index contributed by atoms with van der Waals surface area (Å²) in [6.45, 7) is 0.211. The van der Waals surface area contributed by atoms with E-state index in [4.69, 9.17) is 4.74 Å². The van der Waals surface area contributed by atoms with E-state index in [9.17, 15) is 14.4 Å². The SMILES string of the molecule is CN1C(=O)c2ccc(C(=O)OCCc3cn[nH]c3)cc2C1=O. The van der Waals surface area contributed by atoms with Crippen molar-refractivity contribution in [2.75, 3.05) is 13.7 Å². The number of aromatic amines is 1. The van der Waals surface area contributed by atoms with Crippen molar-refractivity contribution < 1.29 is 19.1 Å². The number of carbonyl (C=O) groups excluding carboxylic acids is 3. The van der Waals surface area contributed by atoms with Crippen LogP contribution in [0.4, 0.5) is 0 Å². The van der Waals surface area contributed by atoms with Gasteiger partial charge in [-0.3, -0.25) is 19.6 Å². The lowest BCUT2D eigenvalue weighted by molar-refractivity contribution is 0.0509. The largest absolute Gasteiger partial charge is 0.462 e. The van der Waals surface area contributed by atoms with E-state index >= 15 is 0 Å². The molecule has 2 aromatic rings. The van der Waals surface area contributed by atoms with Crippen LogP contribution in [-0.4, -0.2) is 46.5 Å². The van der Waals surface area contributed by atoms with E-state index in [0.717, 1.165) is 10.5 Å². The molecule has 7 nitrogen and oxygen atoms in total.